The lowest BCUT2D eigenvalue weighted by molar-refractivity contribution is 0.122. The standard InChI is InChI=1S/C9H14N4O2/c1-14-9-8(10)12-7(6-11-9)13-2-4-15-5-3-13/h6H,2-5H2,1H3,(H2,10,12). The highest BCUT2D eigenvalue weighted by Gasteiger charge is 2.14. The number of nitrogens with two attached hydrogens (primary N) is 1. The predicted octanol–water partition coefficient (Wildman–Crippen LogP) is -0.0960. The van der Waals surface area contributed by atoms with Gasteiger partial charge in [0.1, 0.15) is 5.82 Å². The number of nitrogens with zero attached hydrogens (tertiary/aromatic N) is 3. The molecule has 0 aromatic carbocycles. The number of morpholine rings is 1. The molecule has 0 spiro atoms. The van der Waals surface area contributed by atoms with Crippen molar-refractivity contribution in [1.29, 1.82) is 0 Å². The van der Waals surface area contributed by atoms with Crippen molar-refractivity contribution < 1.29 is 9.47 Å². The van der Waals surface area contributed by atoms with Crippen LogP contribution in [0.1, 0.15) is 0 Å². The van der Waals surface area contributed by atoms with Gasteiger partial charge < -0.3 is 20.1 Å². The molecule has 0 radical (unpaired) electrons. The molecule has 1 aliphatic heterocycles. The molecular weight excluding hydrogens is 196 g/mol. The van der Waals surface area contributed by atoms with Crippen LogP contribution in [0, 0.1) is 0 Å². The Morgan fingerprint density at radius 3 is 2.80 bits per heavy atom. The van der Waals surface area contributed by atoms with Crippen LogP contribution >= 0.6 is 0 Å². The SMILES string of the molecule is COc1ncc(N2CCOCC2)nc1N. The smallest absolute Gasteiger partial charge is 0.257 e. The Kier molecular flexibility index (Phi) is 2.86. The molecule has 1 aromatic heterocycles. The second-order valence-electron chi connectivity index (χ2n) is 3.22. The largest absolute Gasteiger partial charge is 0.478 e. The van der Waals surface area contributed by atoms with Crippen LogP contribution in [0.3, 0.4) is 0 Å². The fourth-order valence-electron chi connectivity index (χ4n) is 1.48. The van der Waals surface area contributed by atoms with Crippen LogP contribution in [0.5, 0.6) is 5.88 Å². The summed E-state index contributed by atoms with van der Waals surface area (Å²) in [5.41, 5.74) is 5.68. The molecule has 6 nitrogen and oxygen atoms in total. The second-order valence-corrected chi connectivity index (χ2v) is 3.22. The number of hydrogen-bond acceptors (Lipinski definition) is 6. The Bertz CT molecular complexity index is 339. The lowest BCUT2D eigenvalue weighted by Gasteiger charge is -2.27. The minimum absolute atomic E-state index is 0.321. The lowest BCUT2D eigenvalue weighted by Crippen LogP contribution is -2.36. The van der Waals surface area contributed by atoms with Gasteiger partial charge in [-0.2, -0.15) is 0 Å². The number of hydrogen-bond donors (Lipinski definition) is 1. The van der Waals surface area contributed by atoms with Crippen LogP contribution in [0.2, 0.25) is 0 Å². The molecule has 0 bridgehead atoms. The molecule has 2 heterocycles. The third-order valence-corrected chi connectivity index (χ3v) is 2.28. The van der Waals surface area contributed by atoms with E-state index in [9.17, 15) is 0 Å². The van der Waals surface area contributed by atoms with E-state index in [1.165, 1.54) is 7.11 Å². The second kappa shape index (κ2) is 4.31. The first-order chi connectivity index (χ1) is 7.31. The van der Waals surface area contributed by atoms with Gasteiger partial charge in [-0.15, -0.1) is 0 Å². The van der Waals surface area contributed by atoms with E-state index >= 15 is 0 Å². The van der Waals surface area contributed by atoms with E-state index in [1.807, 2.05) is 0 Å². The minimum atomic E-state index is 0.321. The normalized spacial score (nSPS) is 16.5. The van der Waals surface area contributed by atoms with E-state index in [2.05, 4.69) is 14.9 Å². The molecule has 0 atom stereocenters. The molecule has 0 aliphatic carbocycles. The Morgan fingerprint density at radius 2 is 2.20 bits per heavy atom. The van der Waals surface area contributed by atoms with Crippen LogP contribution in [-0.4, -0.2) is 43.4 Å². The zero-order valence-electron chi connectivity index (χ0n) is 8.64. The molecular formula is C9H14N4O2. The van der Waals surface area contributed by atoms with Crippen molar-refractivity contribution >= 4 is 11.6 Å². The van der Waals surface area contributed by atoms with Crippen molar-refractivity contribution in [3.63, 3.8) is 0 Å². The highest BCUT2D eigenvalue weighted by Crippen LogP contribution is 2.19. The van der Waals surface area contributed by atoms with Gasteiger partial charge in [-0.1, -0.05) is 0 Å². The molecule has 1 saturated heterocycles. The molecule has 6 heteroatoms. The molecule has 1 aliphatic rings. The van der Waals surface area contributed by atoms with E-state index in [0.717, 1.165) is 18.9 Å². The van der Waals surface area contributed by atoms with Gasteiger partial charge in [-0.05, 0) is 0 Å². The summed E-state index contributed by atoms with van der Waals surface area (Å²) in [5, 5.41) is 0. The molecule has 1 aromatic rings. The summed E-state index contributed by atoms with van der Waals surface area (Å²) in [6.45, 7) is 3.07. The van der Waals surface area contributed by atoms with Crippen molar-refractivity contribution in [2.75, 3.05) is 44.0 Å². The van der Waals surface area contributed by atoms with Crippen molar-refractivity contribution in [2.24, 2.45) is 0 Å². The monoisotopic (exact) mass is 210 g/mol. The van der Waals surface area contributed by atoms with E-state index in [4.69, 9.17) is 15.2 Å². The molecule has 1 fully saturated rings. The maximum absolute atomic E-state index is 5.68. The number of nitrogen functional groups attached to an aromatic ring is 1. The highest BCUT2D eigenvalue weighted by molar-refractivity contribution is 5.48. The number of methoxy groups -OCH3 is 1. The van der Waals surface area contributed by atoms with Gasteiger partial charge >= 0.3 is 0 Å². The van der Waals surface area contributed by atoms with Crippen LogP contribution in [-0.2, 0) is 4.74 Å². The van der Waals surface area contributed by atoms with Gasteiger partial charge in [-0.3, -0.25) is 0 Å². The molecule has 0 saturated carbocycles. The average molecular weight is 210 g/mol. The Balaban J connectivity index is 2.17. The zero-order chi connectivity index (χ0) is 10.7. The first kappa shape index (κ1) is 9.97. The zero-order valence-corrected chi connectivity index (χ0v) is 8.64. The van der Waals surface area contributed by atoms with E-state index in [1.54, 1.807) is 6.20 Å². The van der Waals surface area contributed by atoms with Gasteiger partial charge in [0.15, 0.2) is 5.82 Å². The number of aromatic nitrogens is 2. The van der Waals surface area contributed by atoms with E-state index in [-0.39, 0.29) is 0 Å². The summed E-state index contributed by atoms with van der Waals surface area (Å²) in [5.74, 6) is 1.46. The summed E-state index contributed by atoms with van der Waals surface area (Å²) < 4.78 is 10.2. The van der Waals surface area contributed by atoms with Gasteiger partial charge in [0, 0.05) is 13.1 Å². The molecule has 82 valence electrons. The highest BCUT2D eigenvalue weighted by atomic mass is 16.5. The lowest BCUT2D eigenvalue weighted by atomic mass is 10.4. The fourth-order valence-corrected chi connectivity index (χ4v) is 1.48. The third-order valence-electron chi connectivity index (χ3n) is 2.28. The molecule has 0 unspecified atom stereocenters. The third kappa shape index (κ3) is 2.10. The van der Waals surface area contributed by atoms with Gasteiger partial charge in [0.2, 0.25) is 0 Å². The first-order valence-corrected chi connectivity index (χ1v) is 4.80. The maximum Gasteiger partial charge on any atom is 0.257 e. The van der Waals surface area contributed by atoms with Crippen molar-refractivity contribution in [1.82, 2.24) is 9.97 Å². The molecule has 2 rings (SSSR count). The quantitative estimate of drug-likeness (QED) is 0.735. The summed E-state index contributed by atoms with van der Waals surface area (Å²) >= 11 is 0. The van der Waals surface area contributed by atoms with Gasteiger partial charge in [-0.25, -0.2) is 9.97 Å². The van der Waals surface area contributed by atoms with Crippen LogP contribution in [0.4, 0.5) is 11.6 Å². The van der Waals surface area contributed by atoms with E-state index < -0.39 is 0 Å². The topological polar surface area (TPSA) is 73.5 Å². The van der Waals surface area contributed by atoms with Gasteiger partial charge in [0.05, 0.1) is 26.5 Å². The van der Waals surface area contributed by atoms with Crippen molar-refractivity contribution in [3.8, 4) is 5.88 Å². The Morgan fingerprint density at radius 1 is 1.47 bits per heavy atom. The maximum atomic E-state index is 5.68. The average Bonchev–Trinajstić information content (AvgIpc) is 2.30. The summed E-state index contributed by atoms with van der Waals surface area (Å²) in [6, 6.07) is 0. The van der Waals surface area contributed by atoms with Crippen LogP contribution < -0.4 is 15.4 Å². The molecule has 2 N–H and O–H groups in total. The molecule has 0 amide bonds. The summed E-state index contributed by atoms with van der Waals surface area (Å²) in [6.07, 6.45) is 1.67. The summed E-state index contributed by atoms with van der Waals surface area (Å²) in [4.78, 5) is 10.4. The van der Waals surface area contributed by atoms with Crippen LogP contribution in [0.15, 0.2) is 6.20 Å². The molecule has 15 heavy (non-hydrogen) atoms. The number of ether oxygens (including phenoxy) is 2. The van der Waals surface area contributed by atoms with Crippen molar-refractivity contribution in [2.45, 2.75) is 0 Å². The van der Waals surface area contributed by atoms with E-state index in [0.29, 0.717) is 24.9 Å². The number of anilines is 2. The van der Waals surface area contributed by atoms with Crippen LogP contribution in [0.25, 0.3) is 0 Å². The predicted molar refractivity (Wildman–Crippen MR) is 56.0 cm³/mol. The Hall–Kier alpha value is -1.56. The van der Waals surface area contributed by atoms with Gasteiger partial charge in [0.25, 0.3) is 5.88 Å². The number of rotatable bonds is 2. The minimum Gasteiger partial charge on any atom is -0.478 e. The Labute approximate surface area is 88.0 Å². The first-order valence-electron chi connectivity index (χ1n) is 4.80. The fraction of sp³-hybridized carbons (Fsp3) is 0.556. The summed E-state index contributed by atoms with van der Waals surface area (Å²) in [7, 11) is 1.52. The van der Waals surface area contributed by atoms with Crippen molar-refractivity contribution in [3.05, 3.63) is 6.20 Å².